The summed E-state index contributed by atoms with van der Waals surface area (Å²) in [5, 5.41) is 5.83. The summed E-state index contributed by atoms with van der Waals surface area (Å²) in [5.74, 6) is -2.38. The summed E-state index contributed by atoms with van der Waals surface area (Å²) in [4.78, 5) is 40.1. The molecule has 0 bridgehead atoms. The zero-order valence-electron chi connectivity index (χ0n) is 14.6. The molecule has 2 fully saturated rings. The molecule has 28 heavy (non-hydrogen) atoms. The molecule has 2 aromatic carbocycles. The summed E-state index contributed by atoms with van der Waals surface area (Å²) < 4.78 is 0. The number of carbonyl (C=O) groups excluding carboxylic acids is 3. The van der Waals surface area contributed by atoms with Crippen LogP contribution in [0.2, 0.25) is 5.02 Å². The molecule has 5 rings (SSSR count). The SMILES string of the molecule is O=C1NC(=O)[C@H]2[C@@H]1[C@H](C(=O)Nc1ccc(Cl)cc1)N1C=Cc3ccccc3[C@H]21. The lowest BCUT2D eigenvalue weighted by Gasteiger charge is -2.34. The molecule has 3 amide bonds. The van der Waals surface area contributed by atoms with Gasteiger partial charge in [0, 0.05) is 16.9 Å². The van der Waals surface area contributed by atoms with Gasteiger partial charge >= 0.3 is 0 Å². The molecule has 3 aliphatic rings. The monoisotopic (exact) mass is 393 g/mol. The van der Waals surface area contributed by atoms with Crippen LogP contribution in [-0.2, 0) is 14.4 Å². The number of nitrogens with zero attached hydrogens (tertiary/aromatic N) is 1. The fourth-order valence-electron chi connectivity index (χ4n) is 4.52. The summed E-state index contributed by atoms with van der Waals surface area (Å²) in [7, 11) is 0. The molecule has 7 heteroatoms. The van der Waals surface area contributed by atoms with E-state index >= 15 is 0 Å². The third-order valence-corrected chi connectivity index (χ3v) is 5.93. The molecule has 3 heterocycles. The topological polar surface area (TPSA) is 78.5 Å². The van der Waals surface area contributed by atoms with E-state index in [0.717, 1.165) is 11.1 Å². The molecule has 6 nitrogen and oxygen atoms in total. The second-order valence-corrected chi connectivity index (χ2v) is 7.62. The van der Waals surface area contributed by atoms with E-state index < -0.39 is 23.8 Å². The second kappa shape index (κ2) is 6.21. The lowest BCUT2D eigenvalue weighted by atomic mass is 9.84. The van der Waals surface area contributed by atoms with Gasteiger partial charge in [0.25, 0.3) is 0 Å². The van der Waals surface area contributed by atoms with Crippen LogP contribution in [0.4, 0.5) is 5.69 Å². The van der Waals surface area contributed by atoms with Crippen molar-refractivity contribution < 1.29 is 14.4 Å². The first-order valence-corrected chi connectivity index (χ1v) is 9.38. The highest BCUT2D eigenvalue weighted by molar-refractivity contribution is 6.30. The summed E-state index contributed by atoms with van der Waals surface area (Å²) >= 11 is 5.90. The van der Waals surface area contributed by atoms with Crippen LogP contribution < -0.4 is 10.6 Å². The maximum Gasteiger partial charge on any atom is 0.247 e. The second-order valence-electron chi connectivity index (χ2n) is 7.18. The Kier molecular flexibility index (Phi) is 3.77. The minimum absolute atomic E-state index is 0.322. The molecule has 0 unspecified atom stereocenters. The molecule has 2 aromatic rings. The van der Waals surface area contributed by atoms with Gasteiger partial charge in [-0.15, -0.1) is 0 Å². The van der Waals surface area contributed by atoms with Crippen LogP contribution in [0, 0.1) is 11.8 Å². The van der Waals surface area contributed by atoms with E-state index in [-0.39, 0.29) is 17.9 Å². The fraction of sp³-hybridized carbons (Fsp3) is 0.190. The van der Waals surface area contributed by atoms with E-state index in [1.807, 2.05) is 41.4 Å². The van der Waals surface area contributed by atoms with Crippen molar-refractivity contribution in [2.75, 3.05) is 5.32 Å². The van der Waals surface area contributed by atoms with E-state index in [0.29, 0.717) is 10.7 Å². The Morgan fingerprint density at radius 3 is 2.50 bits per heavy atom. The van der Waals surface area contributed by atoms with Gasteiger partial charge < -0.3 is 10.2 Å². The van der Waals surface area contributed by atoms with Crippen LogP contribution in [-0.4, -0.2) is 28.7 Å². The highest BCUT2D eigenvalue weighted by Crippen LogP contribution is 2.50. The summed E-state index contributed by atoms with van der Waals surface area (Å²) in [6.07, 6.45) is 3.73. The van der Waals surface area contributed by atoms with Crippen molar-refractivity contribution in [3.05, 3.63) is 70.9 Å². The predicted molar refractivity (Wildman–Crippen MR) is 104 cm³/mol. The first-order valence-electron chi connectivity index (χ1n) is 9.00. The highest BCUT2D eigenvalue weighted by atomic mass is 35.5. The van der Waals surface area contributed by atoms with Crippen LogP contribution in [0.3, 0.4) is 0 Å². The molecule has 0 spiro atoms. The Morgan fingerprint density at radius 2 is 1.71 bits per heavy atom. The third-order valence-electron chi connectivity index (χ3n) is 5.68. The van der Waals surface area contributed by atoms with Gasteiger partial charge in [0.1, 0.15) is 6.04 Å². The van der Waals surface area contributed by atoms with Gasteiger partial charge in [0.15, 0.2) is 0 Å². The van der Waals surface area contributed by atoms with Crippen molar-refractivity contribution in [2.45, 2.75) is 12.1 Å². The first kappa shape index (κ1) is 17.0. The van der Waals surface area contributed by atoms with E-state index in [4.69, 9.17) is 11.6 Å². The molecule has 140 valence electrons. The summed E-state index contributed by atoms with van der Waals surface area (Å²) in [6, 6.07) is 13.4. The lowest BCUT2D eigenvalue weighted by Crippen LogP contribution is -2.45. The molecule has 3 aliphatic heterocycles. The number of anilines is 1. The number of amides is 3. The molecule has 4 atom stereocenters. The van der Waals surface area contributed by atoms with E-state index in [1.165, 1.54) is 0 Å². The number of imide groups is 1. The maximum atomic E-state index is 13.2. The number of fused-ring (bicyclic) bond motifs is 5. The van der Waals surface area contributed by atoms with Gasteiger partial charge in [-0.05, 0) is 41.5 Å². The first-order chi connectivity index (χ1) is 13.5. The molecule has 0 saturated carbocycles. The molecule has 2 saturated heterocycles. The molecule has 0 radical (unpaired) electrons. The minimum atomic E-state index is -0.776. The van der Waals surface area contributed by atoms with Gasteiger partial charge in [0.2, 0.25) is 17.7 Å². The Labute approximate surface area is 166 Å². The average molecular weight is 394 g/mol. The Morgan fingerprint density at radius 1 is 1.00 bits per heavy atom. The smallest absolute Gasteiger partial charge is 0.247 e. The van der Waals surface area contributed by atoms with E-state index in [9.17, 15) is 14.4 Å². The van der Waals surface area contributed by atoms with Crippen molar-refractivity contribution in [3.63, 3.8) is 0 Å². The number of nitrogens with one attached hydrogen (secondary N) is 2. The number of carbonyl (C=O) groups is 3. The van der Waals surface area contributed by atoms with Gasteiger partial charge in [-0.3, -0.25) is 19.7 Å². The van der Waals surface area contributed by atoms with E-state index in [2.05, 4.69) is 10.6 Å². The summed E-state index contributed by atoms with van der Waals surface area (Å²) in [6.45, 7) is 0. The highest BCUT2D eigenvalue weighted by Gasteiger charge is 2.61. The minimum Gasteiger partial charge on any atom is -0.357 e. The molecule has 2 N–H and O–H groups in total. The van der Waals surface area contributed by atoms with Gasteiger partial charge in [0.05, 0.1) is 17.9 Å². The van der Waals surface area contributed by atoms with Gasteiger partial charge in [-0.1, -0.05) is 35.9 Å². The number of hydrogen-bond acceptors (Lipinski definition) is 4. The van der Waals surface area contributed by atoms with Crippen LogP contribution in [0.15, 0.2) is 54.7 Å². The normalized spacial score (nSPS) is 27.1. The van der Waals surface area contributed by atoms with Crippen molar-refractivity contribution in [1.82, 2.24) is 10.2 Å². The number of rotatable bonds is 2. The standard InChI is InChI=1S/C21H16ClN3O3/c22-12-5-7-13(8-6-12)23-21(28)18-16-15(19(26)24-20(16)27)17-14-4-2-1-3-11(14)9-10-25(17)18/h1-10,15-18H,(H,23,28)(H,24,26,27)/t15-,16+,17+,18+/m0/s1. The number of hydrogen-bond donors (Lipinski definition) is 2. The number of halogens is 1. The number of benzene rings is 2. The Bertz CT molecular complexity index is 1030. The van der Waals surface area contributed by atoms with Crippen molar-refractivity contribution >= 4 is 41.1 Å². The molecular formula is C21H16ClN3O3. The zero-order valence-corrected chi connectivity index (χ0v) is 15.4. The van der Waals surface area contributed by atoms with Crippen molar-refractivity contribution in [1.29, 1.82) is 0 Å². The zero-order chi connectivity index (χ0) is 19.4. The molecule has 0 aliphatic carbocycles. The maximum absolute atomic E-state index is 13.2. The van der Waals surface area contributed by atoms with Crippen LogP contribution >= 0.6 is 11.6 Å². The van der Waals surface area contributed by atoms with Crippen molar-refractivity contribution in [3.8, 4) is 0 Å². The quantitative estimate of drug-likeness (QED) is 0.769. The molecular weight excluding hydrogens is 378 g/mol. The van der Waals surface area contributed by atoms with E-state index in [1.54, 1.807) is 24.3 Å². The van der Waals surface area contributed by atoms with Crippen LogP contribution in [0.25, 0.3) is 6.08 Å². The van der Waals surface area contributed by atoms with Crippen LogP contribution in [0.5, 0.6) is 0 Å². The van der Waals surface area contributed by atoms with Gasteiger partial charge in [-0.2, -0.15) is 0 Å². The summed E-state index contributed by atoms with van der Waals surface area (Å²) in [5.41, 5.74) is 2.53. The average Bonchev–Trinajstić information content (AvgIpc) is 3.19. The fourth-order valence-corrected chi connectivity index (χ4v) is 4.65. The Hall–Kier alpha value is -3.12. The predicted octanol–water partition coefficient (Wildman–Crippen LogP) is 2.58. The third kappa shape index (κ3) is 2.45. The molecule has 0 aromatic heterocycles. The van der Waals surface area contributed by atoms with Crippen LogP contribution in [0.1, 0.15) is 17.2 Å². The van der Waals surface area contributed by atoms with Gasteiger partial charge in [-0.25, -0.2) is 0 Å². The Balaban J connectivity index is 1.54. The lowest BCUT2D eigenvalue weighted by molar-refractivity contribution is -0.130. The van der Waals surface area contributed by atoms with Crippen molar-refractivity contribution in [2.24, 2.45) is 11.8 Å². The largest absolute Gasteiger partial charge is 0.357 e.